The molecular weight excluding hydrogens is 242 g/mol. The van der Waals surface area contributed by atoms with Crippen molar-refractivity contribution in [1.82, 2.24) is 0 Å². The Kier molecular flexibility index (Phi) is 2.54. The van der Waals surface area contributed by atoms with E-state index in [2.05, 4.69) is 40.3 Å². The van der Waals surface area contributed by atoms with Gasteiger partial charge in [-0.2, -0.15) is 0 Å². The molecule has 0 spiro atoms. The molecule has 2 rings (SSSR count). The minimum atomic E-state index is -0.136. The summed E-state index contributed by atoms with van der Waals surface area (Å²) in [6.45, 7) is 2.29. The maximum Gasteiger partial charge on any atom is 0.0664 e. The van der Waals surface area contributed by atoms with Crippen LogP contribution in [0.1, 0.15) is 18.9 Å². The van der Waals surface area contributed by atoms with Crippen molar-refractivity contribution in [3.05, 3.63) is 28.2 Å². The summed E-state index contributed by atoms with van der Waals surface area (Å²) in [6.07, 6.45) is 1.85. The first-order valence-corrected chi connectivity index (χ1v) is 5.66. The second kappa shape index (κ2) is 3.55. The number of halogens is 1. The molecule has 0 radical (unpaired) electrons. The predicted molar refractivity (Wildman–Crippen MR) is 61.6 cm³/mol. The van der Waals surface area contributed by atoms with Gasteiger partial charge in [0.2, 0.25) is 0 Å². The van der Waals surface area contributed by atoms with Crippen LogP contribution in [-0.4, -0.2) is 17.3 Å². The molecule has 0 bridgehead atoms. The third kappa shape index (κ3) is 1.55. The average Bonchev–Trinajstić information content (AvgIpc) is 2.56. The molecule has 1 unspecified atom stereocenters. The standard InChI is InChI=1S/C11H14BrNO/c1-2-11(7-14)6-8-5-9(12)3-4-10(8)13-11/h3-5,13-14H,2,6-7H2,1H3. The zero-order chi connectivity index (χ0) is 10.2. The van der Waals surface area contributed by atoms with Gasteiger partial charge < -0.3 is 10.4 Å². The van der Waals surface area contributed by atoms with E-state index in [1.54, 1.807) is 0 Å². The molecule has 1 aromatic carbocycles. The van der Waals surface area contributed by atoms with E-state index in [4.69, 9.17) is 0 Å². The van der Waals surface area contributed by atoms with E-state index < -0.39 is 0 Å². The first kappa shape index (κ1) is 9.99. The summed E-state index contributed by atoms with van der Waals surface area (Å²) in [5.41, 5.74) is 2.31. The Balaban J connectivity index is 2.33. The molecule has 2 N–H and O–H groups in total. The molecule has 2 nitrogen and oxygen atoms in total. The molecule has 0 amide bonds. The lowest BCUT2D eigenvalue weighted by molar-refractivity contribution is 0.211. The lowest BCUT2D eigenvalue weighted by atomic mass is 9.93. The predicted octanol–water partition coefficient (Wildman–Crippen LogP) is 2.56. The summed E-state index contributed by atoms with van der Waals surface area (Å²) in [7, 11) is 0. The number of benzene rings is 1. The van der Waals surface area contributed by atoms with E-state index in [9.17, 15) is 5.11 Å². The van der Waals surface area contributed by atoms with Crippen LogP contribution in [0, 0.1) is 0 Å². The Morgan fingerprint density at radius 1 is 1.57 bits per heavy atom. The lowest BCUT2D eigenvalue weighted by Gasteiger charge is -2.25. The van der Waals surface area contributed by atoms with Crippen molar-refractivity contribution < 1.29 is 5.11 Å². The average molecular weight is 256 g/mol. The fraction of sp³-hybridized carbons (Fsp3) is 0.455. The smallest absolute Gasteiger partial charge is 0.0664 e. The Labute approximate surface area is 92.5 Å². The molecule has 1 aliphatic rings. The van der Waals surface area contributed by atoms with Gasteiger partial charge >= 0.3 is 0 Å². The fourth-order valence-electron chi connectivity index (χ4n) is 1.95. The zero-order valence-electron chi connectivity index (χ0n) is 8.18. The first-order valence-electron chi connectivity index (χ1n) is 4.86. The summed E-state index contributed by atoms with van der Waals surface area (Å²) in [5, 5.41) is 12.8. The van der Waals surface area contributed by atoms with Crippen LogP contribution < -0.4 is 5.32 Å². The van der Waals surface area contributed by atoms with Crippen LogP contribution >= 0.6 is 15.9 Å². The SMILES string of the molecule is CCC1(CO)Cc2cc(Br)ccc2N1. The van der Waals surface area contributed by atoms with Crippen molar-refractivity contribution in [3.63, 3.8) is 0 Å². The van der Waals surface area contributed by atoms with Gasteiger partial charge in [-0.3, -0.25) is 0 Å². The van der Waals surface area contributed by atoms with E-state index in [-0.39, 0.29) is 12.1 Å². The first-order chi connectivity index (χ1) is 6.69. The Morgan fingerprint density at radius 3 is 3.00 bits per heavy atom. The van der Waals surface area contributed by atoms with Crippen molar-refractivity contribution in [2.45, 2.75) is 25.3 Å². The minimum Gasteiger partial charge on any atom is -0.394 e. The Hall–Kier alpha value is -0.540. The third-order valence-corrected chi connectivity index (χ3v) is 3.47. The highest BCUT2D eigenvalue weighted by Gasteiger charge is 2.34. The number of rotatable bonds is 2. The van der Waals surface area contributed by atoms with E-state index in [0.29, 0.717) is 0 Å². The van der Waals surface area contributed by atoms with Crippen LogP contribution in [0.5, 0.6) is 0 Å². The summed E-state index contributed by atoms with van der Waals surface area (Å²) in [5.74, 6) is 0. The number of aliphatic hydroxyl groups is 1. The summed E-state index contributed by atoms with van der Waals surface area (Å²) < 4.78 is 1.10. The van der Waals surface area contributed by atoms with Crippen LogP contribution in [0.25, 0.3) is 0 Å². The van der Waals surface area contributed by atoms with Gasteiger partial charge in [0.15, 0.2) is 0 Å². The highest BCUT2D eigenvalue weighted by atomic mass is 79.9. The van der Waals surface area contributed by atoms with E-state index >= 15 is 0 Å². The van der Waals surface area contributed by atoms with Crippen LogP contribution in [0.15, 0.2) is 22.7 Å². The minimum absolute atomic E-state index is 0.136. The molecule has 0 saturated carbocycles. The van der Waals surface area contributed by atoms with E-state index in [1.807, 2.05) is 6.07 Å². The van der Waals surface area contributed by atoms with Crippen molar-refractivity contribution in [2.24, 2.45) is 0 Å². The van der Waals surface area contributed by atoms with Crippen LogP contribution in [0.3, 0.4) is 0 Å². The van der Waals surface area contributed by atoms with E-state index in [1.165, 1.54) is 5.56 Å². The zero-order valence-corrected chi connectivity index (χ0v) is 9.76. The molecule has 0 aromatic heterocycles. The molecule has 1 heterocycles. The molecule has 1 aromatic rings. The number of anilines is 1. The van der Waals surface area contributed by atoms with Crippen LogP contribution in [0.2, 0.25) is 0 Å². The number of aliphatic hydroxyl groups excluding tert-OH is 1. The van der Waals surface area contributed by atoms with Gasteiger partial charge in [-0.05, 0) is 36.6 Å². The number of hydrogen-bond acceptors (Lipinski definition) is 2. The van der Waals surface area contributed by atoms with Gasteiger partial charge in [0.25, 0.3) is 0 Å². The molecule has 0 fully saturated rings. The van der Waals surface area contributed by atoms with Crippen LogP contribution in [-0.2, 0) is 6.42 Å². The van der Waals surface area contributed by atoms with Gasteiger partial charge in [-0.1, -0.05) is 22.9 Å². The topological polar surface area (TPSA) is 32.3 Å². The quantitative estimate of drug-likeness (QED) is 0.852. The van der Waals surface area contributed by atoms with Gasteiger partial charge in [-0.25, -0.2) is 0 Å². The number of fused-ring (bicyclic) bond motifs is 1. The van der Waals surface area contributed by atoms with Gasteiger partial charge in [0.1, 0.15) is 0 Å². The normalized spacial score (nSPS) is 24.5. The van der Waals surface area contributed by atoms with Crippen molar-refractivity contribution in [2.75, 3.05) is 11.9 Å². The summed E-state index contributed by atoms with van der Waals surface area (Å²) in [6, 6.07) is 6.21. The van der Waals surface area contributed by atoms with Crippen molar-refractivity contribution in [1.29, 1.82) is 0 Å². The number of hydrogen-bond donors (Lipinski definition) is 2. The highest BCUT2D eigenvalue weighted by molar-refractivity contribution is 9.10. The van der Waals surface area contributed by atoms with Crippen molar-refractivity contribution >= 4 is 21.6 Å². The molecular formula is C11H14BrNO. The molecule has 1 atom stereocenters. The molecule has 0 aliphatic carbocycles. The molecule has 14 heavy (non-hydrogen) atoms. The Morgan fingerprint density at radius 2 is 2.36 bits per heavy atom. The highest BCUT2D eigenvalue weighted by Crippen LogP contribution is 2.35. The largest absolute Gasteiger partial charge is 0.394 e. The van der Waals surface area contributed by atoms with Gasteiger partial charge in [-0.15, -0.1) is 0 Å². The second-order valence-corrected chi connectivity index (χ2v) is 4.81. The number of nitrogens with one attached hydrogen (secondary N) is 1. The molecule has 0 saturated heterocycles. The van der Waals surface area contributed by atoms with Crippen molar-refractivity contribution in [3.8, 4) is 0 Å². The monoisotopic (exact) mass is 255 g/mol. The van der Waals surface area contributed by atoms with Gasteiger partial charge in [0, 0.05) is 10.2 Å². The summed E-state index contributed by atoms with van der Waals surface area (Å²) in [4.78, 5) is 0. The molecule has 76 valence electrons. The summed E-state index contributed by atoms with van der Waals surface area (Å²) >= 11 is 3.46. The molecule has 1 aliphatic heterocycles. The molecule has 3 heteroatoms. The Bertz CT molecular complexity index is 347. The maximum absolute atomic E-state index is 9.38. The third-order valence-electron chi connectivity index (χ3n) is 2.98. The maximum atomic E-state index is 9.38. The van der Waals surface area contributed by atoms with Crippen LogP contribution in [0.4, 0.5) is 5.69 Å². The van der Waals surface area contributed by atoms with Gasteiger partial charge in [0.05, 0.1) is 12.1 Å². The second-order valence-electron chi connectivity index (χ2n) is 3.90. The fourth-order valence-corrected chi connectivity index (χ4v) is 2.35. The van der Waals surface area contributed by atoms with E-state index in [0.717, 1.165) is 23.0 Å². The lowest BCUT2D eigenvalue weighted by Crippen LogP contribution is -2.39.